The number of hydrogen-bond acceptors (Lipinski definition) is 7. The van der Waals surface area contributed by atoms with Crippen molar-refractivity contribution in [3.05, 3.63) is 22.3 Å². The van der Waals surface area contributed by atoms with Crippen LogP contribution in [0.4, 0.5) is 5.00 Å². The molecule has 2 heterocycles. The molecular formula is C17H24N4O3S2. The van der Waals surface area contributed by atoms with E-state index < -0.39 is 5.97 Å². The first-order valence-corrected chi connectivity index (χ1v) is 10.3. The average Bonchev–Trinajstić information content (AvgIpc) is 3.16. The van der Waals surface area contributed by atoms with E-state index in [1.54, 1.807) is 13.0 Å². The summed E-state index contributed by atoms with van der Waals surface area (Å²) in [7, 11) is 0. The van der Waals surface area contributed by atoms with Crippen LogP contribution in [0.5, 0.6) is 0 Å². The molecule has 0 atom stereocenters. The Bertz CT molecular complexity index is 783. The Hall–Kier alpha value is -1.87. The molecule has 2 aromatic rings. The number of aryl methyl sites for hydroxylation is 2. The Labute approximate surface area is 161 Å². The zero-order valence-corrected chi connectivity index (χ0v) is 17.3. The summed E-state index contributed by atoms with van der Waals surface area (Å²) in [6.45, 7) is 10.0. The van der Waals surface area contributed by atoms with E-state index in [1.165, 1.54) is 23.1 Å². The summed E-state index contributed by atoms with van der Waals surface area (Å²) in [4.78, 5) is 25.5. The van der Waals surface area contributed by atoms with Crippen molar-refractivity contribution in [3.63, 3.8) is 0 Å². The molecule has 0 aliphatic heterocycles. The molecule has 0 aliphatic rings. The monoisotopic (exact) mass is 396 g/mol. The van der Waals surface area contributed by atoms with Crippen molar-refractivity contribution in [3.8, 4) is 0 Å². The van der Waals surface area contributed by atoms with Gasteiger partial charge in [0.1, 0.15) is 10.8 Å². The van der Waals surface area contributed by atoms with Crippen molar-refractivity contribution in [2.45, 2.75) is 52.2 Å². The zero-order chi connectivity index (χ0) is 19.3. The summed E-state index contributed by atoms with van der Waals surface area (Å²) < 4.78 is 7.06. The van der Waals surface area contributed by atoms with Crippen LogP contribution in [-0.4, -0.2) is 39.0 Å². The number of anilines is 1. The van der Waals surface area contributed by atoms with Gasteiger partial charge in [0.2, 0.25) is 5.91 Å². The number of nitrogens with one attached hydrogen (secondary N) is 1. The van der Waals surface area contributed by atoms with Crippen LogP contribution >= 0.6 is 23.1 Å². The average molecular weight is 397 g/mol. The molecule has 0 aromatic carbocycles. The predicted molar refractivity (Wildman–Crippen MR) is 104 cm³/mol. The number of aromatic nitrogens is 3. The molecule has 0 unspecified atom stereocenters. The fraction of sp³-hybridized carbons (Fsp3) is 0.529. The topological polar surface area (TPSA) is 86.1 Å². The number of esters is 1. The fourth-order valence-corrected chi connectivity index (χ4v) is 4.32. The van der Waals surface area contributed by atoms with E-state index in [-0.39, 0.29) is 17.7 Å². The third-order valence-corrected chi connectivity index (χ3v) is 5.70. The van der Waals surface area contributed by atoms with Gasteiger partial charge in [-0.25, -0.2) is 4.79 Å². The van der Waals surface area contributed by atoms with Crippen molar-refractivity contribution in [2.75, 3.05) is 17.7 Å². The number of thiophene rings is 1. The molecule has 1 N–H and O–H groups in total. The first-order valence-electron chi connectivity index (χ1n) is 8.51. The van der Waals surface area contributed by atoms with E-state index in [1.807, 2.05) is 32.3 Å². The third-order valence-electron chi connectivity index (χ3n) is 3.56. The van der Waals surface area contributed by atoms with Gasteiger partial charge in [0.15, 0.2) is 5.16 Å². The van der Waals surface area contributed by atoms with Crippen LogP contribution in [0.25, 0.3) is 0 Å². The molecule has 2 rings (SSSR count). The maximum atomic E-state index is 12.4. The Balaban J connectivity index is 2.06. The maximum absolute atomic E-state index is 12.4. The van der Waals surface area contributed by atoms with Gasteiger partial charge in [-0.05, 0) is 40.2 Å². The molecule has 26 heavy (non-hydrogen) atoms. The first-order chi connectivity index (χ1) is 12.4. The smallest absolute Gasteiger partial charge is 0.341 e. The van der Waals surface area contributed by atoms with Crippen molar-refractivity contribution in [1.29, 1.82) is 0 Å². The number of nitrogens with zero attached hydrogens (tertiary/aromatic N) is 3. The zero-order valence-electron chi connectivity index (χ0n) is 15.7. The van der Waals surface area contributed by atoms with E-state index in [0.29, 0.717) is 22.3 Å². The second-order valence-electron chi connectivity index (χ2n) is 5.86. The van der Waals surface area contributed by atoms with E-state index in [4.69, 9.17) is 4.74 Å². The molecule has 0 saturated heterocycles. The quantitative estimate of drug-likeness (QED) is 0.541. The molecule has 9 heteroatoms. The number of carbonyl (C=O) groups is 2. The maximum Gasteiger partial charge on any atom is 0.341 e. The van der Waals surface area contributed by atoms with E-state index >= 15 is 0 Å². The van der Waals surface area contributed by atoms with E-state index in [0.717, 1.165) is 17.1 Å². The molecule has 0 aliphatic carbocycles. The van der Waals surface area contributed by atoms with Gasteiger partial charge in [-0.1, -0.05) is 18.7 Å². The van der Waals surface area contributed by atoms with E-state index in [9.17, 15) is 9.59 Å². The van der Waals surface area contributed by atoms with Crippen molar-refractivity contribution in [1.82, 2.24) is 14.8 Å². The van der Waals surface area contributed by atoms with Gasteiger partial charge in [-0.3, -0.25) is 4.79 Å². The lowest BCUT2D eigenvalue weighted by Crippen LogP contribution is -2.16. The molecule has 0 saturated carbocycles. The number of carbonyl (C=O) groups excluding carboxylic acids is 2. The summed E-state index contributed by atoms with van der Waals surface area (Å²) in [6.07, 6.45) is 0.790. The minimum atomic E-state index is -0.415. The molecule has 1 amide bonds. The number of ether oxygens (including phenoxy) is 1. The highest BCUT2D eigenvalue weighted by Crippen LogP contribution is 2.30. The Morgan fingerprint density at radius 3 is 2.69 bits per heavy atom. The molecule has 142 valence electrons. The summed E-state index contributed by atoms with van der Waals surface area (Å²) in [6, 6.07) is 2.00. The highest BCUT2D eigenvalue weighted by Gasteiger charge is 2.19. The molecule has 0 fully saturated rings. The van der Waals surface area contributed by atoms with Crippen LogP contribution in [-0.2, 0) is 16.0 Å². The van der Waals surface area contributed by atoms with Crippen LogP contribution in [0.3, 0.4) is 0 Å². The second kappa shape index (κ2) is 9.18. The number of hydrogen-bond donors (Lipinski definition) is 1. The van der Waals surface area contributed by atoms with Gasteiger partial charge in [0.25, 0.3) is 0 Å². The van der Waals surface area contributed by atoms with Gasteiger partial charge in [0.05, 0.1) is 17.9 Å². The molecule has 2 aromatic heterocycles. The van der Waals surface area contributed by atoms with Gasteiger partial charge in [0, 0.05) is 10.9 Å². The summed E-state index contributed by atoms with van der Waals surface area (Å²) in [5.41, 5.74) is 0.410. The highest BCUT2D eigenvalue weighted by molar-refractivity contribution is 7.99. The Morgan fingerprint density at radius 2 is 2.08 bits per heavy atom. The molecule has 7 nitrogen and oxygen atoms in total. The lowest BCUT2D eigenvalue weighted by Gasteiger charge is -2.11. The second-order valence-corrected chi connectivity index (χ2v) is 7.94. The lowest BCUT2D eigenvalue weighted by molar-refractivity contribution is -0.113. The van der Waals surface area contributed by atoms with Gasteiger partial charge < -0.3 is 14.6 Å². The number of rotatable bonds is 8. The SMILES string of the molecule is CCOC(=O)c1cc(CC)sc1NC(=O)CSc1nnc(C)n1C(C)C. The van der Waals surface area contributed by atoms with Crippen molar-refractivity contribution in [2.24, 2.45) is 0 Å². The predicted octanol–water partition coefficient (Wildman–Crippen LogP) is 3.70. The Kier molecular flexibility index (Phi) is 7.22. The van der Waals surface area contributed by atoms with Crippen LogP contribution in [0.15, 0.2) is 11.2 Å². The van der Waals surface area contributed by atoms with Crippen LogP contribution in [0.2, 0.25) is 0 Å². The molecule has 0 spiro atoms. The fourth-order valence-electron chi connectivity index (χ4n) is 2.41. The van der Waals surface area contributed by atoms with E-state index in [2.05, 4.69) is 15.5 Å². The van der Waals surface area contributed by atoms with Gasteiger partial charge in [-0.2, -0.15) is 0 Å². The van der Waals surface area contributed by atoms with Crippen molar-refractivity contribution >= 4 is 40.0 Å². The summed E-state index contributed by atoms with van der Waals surface area (Å²) in [5, 5.41) is 12.3. The largest absolute Gasteiger partial charge is 0.462 e. The van der Waals surface area contributed by atoms with Crippen LogP contribution < -0.4 is 5.32 Å². The molecule has 0 bridgehead atoms. The van der Waals surface area contributed by atoms with Crippen LogP contribution in [0, 0.1) is 6.92 Å². The number of thioether (sulfide) groups is 1. The minimum Gasteiger partial charge on any atom is -0.462 e. The van der Waals surface area contributed by atoms with Crippen molar-refractivity contribution < 1.29 is 14.3 Å². The lowest BCUT2D eigenvalue weighted by atomic mass is 10.2. The van der Waals surface area contributed by atoms with Gasteiger partial charge >= 0.3 is 5.97 Å². The van der Waals surface area contributed by atoms with Gasteiger partial charge in [-0.15, -0.1) is 21.5 Å². The normalized spacial score (nSPS) is 11.0. The minimum absolute atomic E-state index is 0.187. The molecule has 0 radical (unpaired) electrons. The Morgan fingerprint density at radius 1 is 1.35 bits per heavy atom. The summed E-state index contributed by atoms with van der Waals surface area (Å²) >= 11 is 2.73. The summed E-state index contributed by atoms with van der Waals surface area (Å²) in [5.74, 6) is 0.396. The van der Waals surface area contributed by atoms with Crippen LogP contribution in [0.1, 0.15) is 54.8 Å². The number of amides is 1. The first kappa shape index (κ1) is 20.4. The molecular weight excluding hydrogens is 372 g/mol. The standard InChI is InChI=1S/C17H24N4O3S2/c1-6-12-8-13(16(23)24-7-2)15(26-12)18-14(22)9-25-17-20-19-11(5)21(17)10(3)4/h8,10H,6-7,9H2,1-5H3,(H,18,22). The third kappa shape index (κ3) is 4.85. The highest BCUT2D eigenvalue weighted by atomic mass is 32.2.